The second-order valence-electron chi connectivity index (χ2n) is 2.11. The van der Waals surface area contributed by atoms with Crippen LogP contribution in [0.4, 0.5) is 0 Å². The molecule has 0 spiro atoms. The van der Waals surface area contributed by atoms with Gasteiger partial charge in [-0.3, -0.25) is 0 Å². The number of nitrogens with zero attached hydrogens (tertiary/aromatic N) is 4. The first-order valence-corrected chi connectivity index (χ1v) is 4.02. The Labute approximate surface area is 69.2 Å². The van der Waals surface area contributed by atoms with E-state index < -0.39 is 0 Å². The fraction of sp³-hybridized carbons (Fsp3) is 0.500. The van der Waals surface area contributed by atoms with Gasteiger partial charge in [0.1, 0.15) is 6.33 Å². The van der Waals surface area contributed by atoms with Crippen LogP contribution in [-0.2, 0) is 7.05 Å². The van der Waals surface area contributed by atoms with Gasteiger partial charge in [-0.2, -0.15) is 5.26 Å². The molecule has 0 amide bonds. The van der Waals surface area contributed by atoms with Crippen molar-refractivity contribution in [2.45, 2.75) is 17.3 Å². The number of nitriles is 1. The maximum absolute atomic E-state index is 8.50. The molecule has 0 N–H and O–H groups in total. The van der Waals surface area contributed by atoms with Gasteiger partial charge in [-0.1, -0.05) is 11.8 Å². The highest BCUT2D eigenvalue weighted by atomic mass is 32.2. The summed E-state index contributed by atoms with van der Waals surface area (Å²) in [5.41, 5.74) is 0. The van der Waals surface area contributed by atoms with Crippen molar-refractivity contribution in [1.29, 1.82) is 5.26 Å². The van der Waals surface area contributed by atoms with Crippen molar-refractivity contribution in [3.63, 3.8) is 0 Å². The third-order valence-corrected chi connectivity index (χ3v) is 2.17. The molecule has 0 aliphatic rings. The molecular weight excluding hydrogens is 160 g/mol. The SMILES string of the molecule is CC(C#N)Sc1nncn1C. The van der Waals surface area contributed by atoms with E-state index in [1.165, 1.54) is 11.8 Å². The first-order valence-electron chi connectivity index (χ1n) is 3.14. The Bertz CT molecular complexity index is 274. The second-order valence-corrected chi connectivity index (χ2v) is 3.42. The van der Waals surface area contributed by atoms with E-state index >= 15 is 0 Å². The van der Waals surface area contributed by atoms with Crippen LogP contribution in [0.1, 0.15) is 6.92 Å². The molecule has 0 aliphatic carbocycles. The summed E-state index contributed by atoms with van der Waals surface area (Å²) >= 11 is 1.41. The highest BCUT2D eigenvalue weighted by molar-refractivity contribution is 8.00. The van der Waals surface area contributed by atoms with Crippen molar-refractivity contribution in [2.24, 2.45) is 7.05 Å². The normalized spacial score (nSPS) is 12.5. The van der Waals surface area contributed by atoms with Crippen molar-refractivity contribution in [3.8, 4) is 6.07 Å². The minimum atomic E-state index is -0.0714. The third kappa shape index (κ3) is 1.95. The number of thioether (sulfide) groups is 1. The van der Waals surface area contributed by atoms with Crippen LogP contribution in [0.2, 0.25) is 0 Å². The molecule has 1 atom stereocenters. The highest BCUT2D eigenvalue weighted by Gasteiger charge is 2.06. The summed E-state index contributed by atoms with van der Waals surface area (Å²) < 4.78 is 1.79. The lowest BCUT2D eigenvalue weighted by atomic mass is 10.5. The van der Waals surface area contributed by atoms with E-state index in [1.54, 1.807) is 10.9 Å². The van der Waals surface area contributed by atoms with Gasteiger partial charge in [0, 0.05) is 7.05 Å². The Balaban J connectivity index is 2.66. The molecule has 11 heavy (non-hydrogen) atoms. The minimum absolute atomic E-state index is 0.0714. The van der Waals surface area contributed by atoms with Crippen molar-refractivity contribution < 1.29 is 0 Å². The van der Waals surface area contributed by atoms with Crippen molar-refractivity contribution >= 4 is 11.8 Å². The van der Waals surface area contributed by atoms with Gasteiger partial charge >= 0.3 is 0 Å². The summed E-state index contributed by atoms with van der Waals surface area (Å²) in [7, 11) is 1.85. The standard InChI is InChI=1S/C6H8N4S/c1-5(3-7)11-6-9-8-4-10(6)2/h4-5H,1-2H3. The average Bonchev–Trinajstić information content (AvgIpc) is 2.37. The Morgan fingerprint density at radius 2 is 2.55 bits per heavy atom. The quantitative estimate of drug-likeness (QED) is 0.613. The molecule has 1 aromatic heterocycles. The van der Waals surface area contributed by atoms with Crippen LogP contribution in [0.25, 0.3) is 0 Å². The number of aromatic nitrogens is 3. The van der Waals surface area contributed by atoms with Gasteiger partial charge in [-0.05, 0) is 6.92 Å². The van der Waals surface area contributed by atoms with E-state index in [0.29, 0.717) is 0 Å². The molecule has 1 aromatic rings. The molecule has 0 bridgehead atoms. The van der Waals surface area contributed by atoms with Crippen LogP contribution in [0.5, 0.6) is 0 Å². The topological polar surface area (TPSA) is 54.5 Å². The van der Waals surface area contributed by atoms with Crippen molar-refractivity contribution in [1.82, 2.24) is 14.8 Å². The molecule has 0 saturated heterocycles. The fourth-order valence-electron chi connectivity index (χ4n) is 0.564. The van der Waals surface area contributed by atoms with E-state index in [9.17, 15) is 0 Å². The number of aryl methyl sites for hydroxylation is 1. The Morgan fingerprint density at radius 3 is 3.00 bits per heavy atom. The molecule has 0 fully saturated rings. The first-order chi connectivity index (χ1) is 5.24. The molecule has 0 aliphatic heterocycles. The first kappa shape index (κ1) is 8.08. The van der Waals surface area contributed by atoms with E-state index in [-0.39, 0.29) is 5.25 Å². The monoisotopic (exact) mass is 168 g/mol. The van der Waals surface area contributed by atoms with Crippen molar-refractivity contribution in [2.75, 3.05) is 0 Å². The number of rotatable bonds is 2. The van der Waals surface area contributed by atoms with E-state index in [1.807, 2.05) is 14.0 Å². The van der Waals surface area contributed by atoms with Crippen molar-refractivity contribution in [3.05, 3.63) is 6.33 Å². The minimum Gasteiger partial charge on any atom is -0.312 e. The molecular formula is C6H8N4S. The molecule has 0 saturated carbocycles. The van der Waals surface area contributed by atoms with Crippen LogP contribution in [-0.4, -0.2) is 20.0 Å². The number of hydrogen-bond donors (Lipinski definition) is 0. The summed E-state index contributed by atoms with van der Waals surface area (Å²) in [5, 5.41) is 16.7. The van der Waals surface area contributed by atoms with Crippen LogP contribution < -0.4 is 0 Å². The fourth-order valence-corrected chi connectivity index (χ4v) is 1.24. The Kier molecular flexibility index (Phi) is 2.49. The van der Waals surface area contributed by atoms with Gasteiger partial charge in [0.25, 0.3) is 0 Å². The van der Waals surface area contributed by atoms with Gasteiger partial charge in [0.2, 0.25) is 0 Å². The smallest absolute Gasteiger partial charge is 0.192 e. The predicted octanol–water partition coefficient (Wildman–Crippen LogP) is 0.819. The summed E-state index contributed by atoms with van der Waals surface area (Å²) in [6, 6.07) is 2.11. The molecule has 0 aromatic carbocycles. The van der Waals surface area contributed by atoms with E-state index in [0.717, 1.165) is 5.16 Å². The maximum atomic E-state index is 8.50. The zero-order chi connectivity index (χ0) is 8.27. The maximum Gasteiger partial charge on any atom is 0.192 e. The molecule has 4 nitrogen and oxygen atoms in total. The molecule has 0 radical (unpaired) electrons. The molecule has 1 unspecified atom stereocenters. The lowest BCUT2D eigenvalue weighted by Crippen LogP contribution is -1.95. The van der Waals surface area contributed by atoms with Crippen LogP contribution in [0, 0.1) is 11.3 Å². The summed E-state index contributed by atoms with van der Waals surface area (Å²) in [5.74, 6) is 0. The summed E-state index contributed by atoms with van der Waals surface area (Å²) in [6.45, 7) is 1.83. The van der Waals surface area contributed by atoms with Crippen LogP contribution >= 0.6 is 11.8 Å². The van der Waals surface area contributed by atoms with Gasteiger partial charge in [0.15, 0.2) is 5.16 Å². The molecule has 1 heterocycles. The lowest BCUT2D eigenvalue weighted by Gasteiger charge is -1.99. The Hall–Kier alpha value is -1.02. The van der Waals surface area contributed by atoms with E-state index in [4.69, 9.17) is 5.26 Å². The second kappa shape index (κ2) is 3.39. The Morgan fingerprint density at radius 1 is 1.82 bits per heavy atom. The van der Waals surface area contributed by atoms with Crippen LogP contribution in [0.15, 0.2) is 11.5 Å². The largest absolute Gasteiger partial charge is 0.312 e. The molecule has 5 heteroatoms. The predicted molar refractivity (Wildman–Crippen MR) is 41.9 cm³/mol. The van der Waals surface area contributed by atoms with E-state index in [2.05, 4.69) is 16.3 Å². The zero-order valence-electron chi connectivity index (χ0n) is 6.35. The van der Waals surface area contributed by atoms with Gasteiger partial charge < -0.3 is 4.57 Å². The van der Waals surface area contributed by atoms with Gasteiger partial charge in [0.05, 0.1) is 11.3 Å². The zero-order valence-corrected chi connectivity index (χ0v) is 7.17. The summed E-state index contributed by atoms with van der Waals surface area (Å²) in [4.78, 5) is 0. The average molecular weight is 168 g/mol. The van der Waals surface area contributed by atoms with Gasteiger partial charge in [-0.25, -0.2) is 0 Å². The van der Waals surface area contributed by atoms with Crippen LogP contribution in [0.3, 0.4) is 0 Å². The number of hydrogen-bond acceptors (Lipinski definition) is 4. The third-order valence-electron chi connectivity index (χ3n) is 1.13. The highest BCUT2D eigenvalue weighted by Crippen LogP contribution is 2.18. The molecule has 58 valence electrons. The van der Waals surface area contributed by atoms with Gasteiger partial charge in [-0.15, -0.1) is 10.2 Å². The lowest BCUT2D eigenvalue weighted by molar-refractivity contribution is 0.787. The summed E-state index contributed by atoms with van der Waals surface area (Å²) in [6.07, 6.45) is 1.62. The molecule has 1 rings (SSSR count).